The second kappa shape index (κ2) is 14.1. The fourth-order valence-corrected chi connectivity index (χ4v) is 11.6. The summed E-state index contributed by atoms with van der Waals surface area (Å²) in [5, 5.41) is 23.8. The third-order valence-corrected chi connectivity index (χ3v) is 14.0. The molecule has 0 bridgehead atoms. The molecule has 3 aliphatic heterocycles. The molecule has 13 heteroatoms. The van der Waals surface area contributed by atoms with Gasteiger partial charge in [-0.2, -0.15) is 0 Å². The maximum Gasteiger partial charge on any atom is 0.269 e. The standard InChI is InChI=1S/C43H41FN4O7Si/c1-27-40(56(2,3)44)37(24-38(50)45(21-22-49)25-28-9-5-4-6-10-28)55-43(27)34-23-32(48(53)54)19-20-35(34)46(42(43)52)26-29-15-17-31(18-16-29)47-36-14-8-12-30-11-7-13-33(39(30)36)41(47)51/h4-20,23,27,37,40,49H,21-22,24-26H2,1-3H3/t27-,37+,40-,43+/m1/s1. The van der Waals surface area contributed by atoms with Crippen LogP contribution in [0.4, 0.5) is 26.9 Å². The highest BCUT2D eigenvalue weighted by atomic mass is 28.4. The van der Waals surface area contributed by atoms with Crippen LogP contribution in [0.5, 0.6) is 0 Å². The van der Waals surface area contributed by atoms with Gasteiger partial charge in [0.1, 0.15) is 0 Å². The third-order valence-electron chi connectivity index (χ3n) is 11.6. The zero-order chi connectivity index (χ0) is 39.5. The molecule has 0 aromatic heterocycles. The predicted octanol–water partition coefficient (Wildman–Crippen LogP) is 7.77. The molecule has 4 atom stereocenters. The molecule has 5 aromatic carbocycles. The first-order valence-electron chi connectivity index (χ1n) is 18.7. The lowest BCUT2D eigenvalue weighted by molar-refractivity contribution is -0.385. The minimum Gasteiger partial charge on any atom is -0.395 e. The van der Waals surface area contributed by atoms with Crippen LogP contribution in [0.2, 0.25) is 18.6 Å². The van der Waals surface area contributed by atoms with E-state index in [0.29, 0.717) is 16.9 Å². The van der Waals surface area contributed by atoms with Gasteiger partial charge in [0, 0.05) is 53.3 Å². The fourth-order valence-electron chi connectivity index (χ4n) is 9.13. The van der Waals surface area contributed by atoms with Gasteiger partial charge in [-0.3, -0.25) is 29.4 Å². The van der Waals surface area contributed by atoms with E-state index in [2.05, 4.69) is 0 Å². The van der Waals surface area contributed by atoms with E-state index >= 15 is 4.11 Å². The number of aliphatic hydroxyl groups excluding tert-OH is 1. The summed E-state index contributed by atoms with van der Waals surface area (Å²) in [5.41, 5.74) is 1.47. The smallest absolute Gasteiger partial charge is 0.269 e. The number of rotatable bonds is 11. The topological polar surface area (TPSA) is 134 Å². The molecule has 5 aromatic rings. The van der Waals surface area contributed by atoms with Crippen molar-refractivity contribution < 1.29 is 33.3 Å². The van der Waals surface area contributed by atoms with Crippen LogP contribution >= 0.6 is 0 Å². The fraction of sp³-hybridized carbons (Fsp3) is 0.279. The Hall–Kier alpha value is -5.76. The van der Waals surface area contributed by atoms with Crippen LogP contribution in [-0.4, -0.2) is 60.3 Å². The lowest BCUT2D eigenvalue weighted by Gasteiger charge is -2.31. The molecule has 0 radical (unpaired) electrons. The number of nitro groups is 1. The molecule has 3 amide bonds. The highest BCUT2D eigenvalue weighted by Crippen LogP contribution is 2.61. The molecule has 3 aliphatic rings. The van der Waals surface area contributed by atoms with Gasteiger partial charge in [-0.25, -0.2) is 0 Å². The zero-order valence-electron chi connectivity index (χ0n) is 31.2. The van der Waals surface area contributed by atoms with Gasteiger partial charge in [0.25, 0.3) is 17.5 Å². The quantitative estimate of drug-likeness (QED) is 0.0628. The summed E-state index contributed by atoms with van der Waals surface area (Å²) in [6, 6.07) is 32.3. The van der Waals surface area contributed by atoms with E-state index in [1.807, 2.05) is 91.0 Å². The average molecular weight is 773 g/mol. The van der Waals surface area contributed by atoms with Crippen molar-refractivity contribution in [3.63, 3.8) is 0 Å². The van der Waals surface area contributed by atoms with E-state index in [-0.39, 0.29) is 55.7 Å². The van der Waals surface area contributed by atoms with Crippen molar-refractivity contribution in [2.24, 2.45) is 5.92 Å². The molecule has 1 N–H and O–H groups in total. The minimum atomic E-state index is -3.67. The Balaban J connectivity index is 1.11. The number of nitro benzene ring substituents is 1. The summed E-state index contributed by atoms with van der Waals surface area (Å²) in [6.07, 6.45) is -1.25. The first-order chi connectivity index (χ1) is 26.8. The number of anilines is 3. The molecule has 1 fully saturated rings. The van der Waals surface area contributed by atoms with Crippen LogP contribution in [0.25, 0.3) is 10.8 Å². The third kappa shape index (κ3) is 6.06. The highest BCUT2D eigenvalue weighted by molar-refractivity contribution is 6.72. The number of hydrogen-bond donors (Lipinski definition) is 1. The van der Waals surface area contributed by atoms with Crippen molar-refractivity contribution in [1.29, 1.82) is 0 Å². The number of non-ortho nitro benzene ring substituents is 1. The maximum atomic E-state index is 16.5. The molecule has 8 rings (SSSR count). The van der Waals surface area contributed by atoms with Gasteiger partial charge in [0.05, 0.1) is 47.5 Å². The molecule has 286 valence electrons. The SMILES string of the molecule is C[C@@H]1[C@@H]([Si](C)(C)F)[C@H](CC(=O)N(CCO)Cc2ccccc2)O[C@@]12C(=O)N(Cc1ccc(N3C(=O)c4cccc5cccc3c45)cc1)c1ccc([N+](=O)[O-])cc12. The van der Waals surface area contributed by atoms with Gasteiger partial charge in [-0.15, -0.1) is 0 Å². The first kappa shape index (κ1) is 37.2. The number of benzene rings is 5. The van der Waals surface area contributed by atoms with Crippen molar-refractivity contribution in [1.82, 2.24) is 4.90 Å². The molecule has 0 saturated carbocycles. The van der Waals surface area contributed by atoms with Crippen LogP contribution < -0.4 is 9.80 Å². The van der Waals surface area contributed by atoms with Crippen LogP contribution in [0.3, 0.4) is 0 Å². The molecular formula is C43H41FN4O7Si. The Bertz CT molecular complexity index is 2380. The van der Waals surface area contributed by atoms with Gasteiger partial charge >= 0.3 is 0 Å². The van der Waals surface area contributed by atoms with Crippen LogP contribution in [0.15, 0.2) is 109 Å². The van der Waals surface area contributed by atoms with E-state index in [4.69, 9.17) is 4.74 Å². The second-order valence-corrected chi connectivity index (χ2v) is 19.1. The molecular weight excluding hydrogens is 732 g/mol. The molecule has 56 heavy (non-hydrogen) atoms. The Morgan fingerprint density at radius 3 is 2.34 bits per heavy atom. The monoisotopic (exact) mass is 772 g/mol. The Morgan fingerprint density at radius 2 is 1.66 bits per heavy atom. The van der Waals surface area contributed by atoms with Crippen molar-refractivity contribution in [3.8, 4) is 0 Å². The molecule has 1 spiro atoms. The lowest BCUT2D eigenvalue weighted by atomic mass is 9.82. The summed E-state index contributed by atoms with van der Waals surface area (Å²) < 4.78 is 23.3. The average Bonchev–Trinajstić information content (AvgIpc) is 3.73. The zero-order valence-corrected chi connectivity index (χ0v) is 32.2. The molecule has 0 unspecified atom stereocenters. The summed E-state index contributed by atoms with van der Waals surface area (Å²) in [5.74, 6) is -1.77. The number of nitrogens with zero attached hydrogens (tertiary/aromatic N) is 4. The number of ether oxygens (including phenoxy) is 1. The Morgan fingerprint density at radius 1 is 0.946 bits per heavy atom. The number of hydrogen-bond acceptors (Lipinski definition) is 7. The number of carbonyl (C=O) groups excluding carboxylic acids is 3. The van der Waals surface area contributed by atoms with E-state index in [0.717, 1.165) is 27.6 Å². The lowest BCUT2D eigenvalue weighted by Crippen LogP contribution is -2.45. The molecule has 0 aliphatic carbocycles. The van der Waals surface area contributed by atoms with Crippen LogP contribution in [0.1, 0.15) is 40.4 Å². The van der Waals surface area contributed by atoms with Gasteiger partial charge in [-0.1, -0.05) is 73.7 Å². The van der Waals surface area contributed by atoms with Gasteiger partial charge in [-0.05, 0) is 59.9 Å². The van der Waals surface area contributed by atoms with E-state index < -0.39 is 42.4 Å². The molecule has 3 heterocycles. The van der Waals surface area contributed by atoms with Crippen LogP contribution in [0, 0.1) is 16.0 Å². The largest absolute Gasteiger partial charge is 0.395 e. The normalized spacial score (nSPS) is 21.3. The number of aliphatic hydroxyl groups is 1. The van der Waals surface area contributed by atoms with Gasteiger partial charge < -0.3 is 23.8 Å². The predicted molar refractivity (Wildman–Crippen MR) is 213 cm³/mol. The van der Waals surface area contributed by atoms with E-state index in [1.165, 1.54) is 41.1 Å². The van der Waals surface area contributed by atoms with Gasteiger partial charge in [0.2, 0.25) is 14.3 Å². The summed E-state index contributed by atoms with van der Waals surface area (Å²) >= 11 is 0. The molecule has 11 nitrogen and oxygen atoms in total. The summed E-state index contributed by atoms with van der Waals surface area (Å²) in [4.78, 5) is 58.7. The Kier molecular flexibility index (Phi) is 9.34. The van der Waals surface area contributed by atoms with Gasteiger partial charge in [0.15, 0.2) is 5.60 Å². The second-order valence-electron chi connectivity index (χ2n) is 15.3. The van der Waals surface area contributed by atoms with Crippen molar-refractivity contribution >= 4 is 59.7 Å². The van der Waals surface area contributed by atoms with Crippen molar-refractivity contribution in [2.75, 3.05) is 23.0 Å². The minimum absolute atomic E-state index is 0.0529. The number of carbonyl (C=O) groups is 3. The van der Waals surface area contributed by atoms with E-state index in [9.17, 15) is 29.6 Å². The van der Waals surface area contributed by atoms with Crippen LogP contribution in [-0.2, 0) is 33.0 Å². The van der Waals surface area contributed by atoms with Crippen molar-refractivity contribution in [2.45, 2.75) is 56.8 Å². The number of amides is 3. The van der Waals surface area contributed by atoms with E-state index in [1.54, 1.807) is 11.8 Å². The Labute approximate surface area is 324 Å². The first-order valence-corrected chi connectivity index (χ1v) is 21.6. The number of fused-ring (bicyclic) bond motifs is 2. The summed E-state index contributed by atoms with van der Waals surface area (Å²) in [7, 11) is -3.67. The summed E-state index contributed by atoms with van der Waals surface area (Å²) in [6.45, 7) is 4.87. The highest BCUT2D eigenvalue weighted by Gasteiger charge is 2.67. The number of halogens is 1. The van der Waals surface area contributed by atoms with Crippen molar-refractivity contribution in [3.05, 3.63) is 142 Å². The maximum absolute atomic E-state index is 16.5. The molecule has 1 saturated heterocycles.